The first kappa shape index (κ1) is 12.9. The van der Waals surface area contributed by atoms with Crippen LogP contribution in [-0.2, 0) is 0 Å². The molecule has 0 saturated carbocycles. The second-order valence-electron chi connectivity index (χ2n) is 5.27. The van der Waals surface area contributed by atoms with Crippen LogP contribution in [-0.4, -0.2) is 30.9 Å². The summed E-state index contributed by atoms with van der Waals surface area (Å²) in [7, 11) is 1.86. The van der Waals surface area contributed by atoms with Crippen LogP contribution in [0.5, 0.6) is 0 Å². The highest BCUT2D eigenvalue weighted by molar-refractivity contribution is 5.99. The van der Waals surface area contributed by atoms with E-state index in [1.165, 1.54) is 0 Å². The molecule has 1 heterocycles. The number of benzene rings is 1. The van der Waals surface area contributed by atoms with Crippen molar-refractivity contribution in [1.82, 2.24) is 4.90 Å². The molecule has 0 atom stereocenters. The highest BCUT2D eigenvalue weighted by Crippen LogP contribution is 2.22. The van der Waals surface area contributed by atoms with Crippen LogP contribution in [0.3, 0.4) is 0 Å². The molecule has 98 valence electrons. The molecule has 18 heavy (non-hydrogen) atoms. The number of hydrogen-bond acceptors (Lipinski definition) is 2. The third-order valence-corrected chi connectivity index (χ3v) is 3.75. The number of likely N-dealkylation sites (tertiary alicyclic amines) is 1. The van der Waals surface area contributed by atoms with Gasteiger partial charge in [0, 0.05) is 25.8 Å². The Morgan fingerprint density at radius 2 is 2.00 bits per heavy atom. The molecule has 0 spiro atoms. The predicted octanol–water partition coefficient (Wildman–Crippen LogP) is 2.91. The molecule has 2 rings (SSSR count). The van der Waals surface area contributed by atoms with Crippen molar-refractivity contribution in [2.75, 3.05) is 25.5 Å². The first-order valence-electron chi connectivity index (χ1n) is 6.69. The zero-order valence-electron chi connectivity index (χ0n) is 11.5. The third-order valence-electron chi connectivity index (χ3n) is 3.75. The van der Waals surface area contributed by atoms with Gasteiger partial charge in [-0.2, -0.15) is 0 Å². The number of carbonyl (C=O) groups is 1. The number of piperidine rings is 1. The molecular formula is C15H22N2O. The standard InChI is InChI=1S/C15H22N2O/c1-11-6-8-17(9-7-11)15(18)13-10-12(2)4-5-14(13)16-3/h4-5,10-11,16H,6-9H2,1-3H3. The zero-order chi connectivity index (χ0) is 13.1. The summed E-state index contributed by atoms with van der Waals surface area (Å²) >= 11 is 0. The van der Waals surface area contributed by atoms with Crippen LogP contribution in [0.1, 0.15) is 35.7 Å². The highest BCUT2D eigenvalue weighted by Gasteiger charge is 2.23. The van der Waals surface area contributed by atoms with Gasteiger partial charge >= 0.3 is 0 Å². The van der Waals surface area contributed by atoms with Gasteiger partial charge < -0.3 is 10.2 Å². The monoisotopic (exact) mass is 246 g/mol. The topological polar surface area (TPSA) is 32.3 Å². The Balaban J connectivity index is 2.20. The van der Waals surface area contributed by atoms with Crippen molar-refractivity contribution >= 4 is 11.6 Å². The van der Waals surface area contributed by atoms with E-state index in [0.717, 1.165) is 48.7 Å². The van der Waals surface area contributed by atoms with E-state index in [4.69, 9.17) is 0 Å². The minimum Gasteiger partial charge on any atom is -0.387 e. The molecule has 1 fully saturated rings. The van der Waals surface area contributed by atoms with Crippen LogP contribution < -0.4 is 5.32 Å². The van der Waals surface area contributed by atoms with E-state index in [9.17, 15) is 4.79 Å². The normalized spacial score (nSPS) is 16.7. The Morgan fingerprint density at radius 3 is 2.61 bits per heavy atom. The second kappa shape index (κ2) is 5.42. The van der Waals surface area contributed by atoms with Crippen LogP contribution >= 0.6 is 0 Å². The average Bonchev–Trinajstić information content (AvgIpc) is 2.39. The lowest BCUT2D eigenvalue weighted by Crippen LogP contribution is -2.38. The quantitative estimate of drug-likeness (QED) is 0.870. The maximum Gasteiger partial charge on any atom is 0.255 e. The van der Waals surface area contributed by atoms with Crippen molar-refractivity contribution in [3.8, 4) is 0 Å². The van der Waals surface area contributed by atoms with Gasteiger partial charge in [0.2, 0.25) is 0 Å². The van der Waals surface area contributed by atoms with Crippen molar-refractivity contribution in [3.63, 3.8) is 0 Å². The van der Waals surface area contributed by atoms with E-state index in [1.54, 1.807) is 0 Å². The number of carbonyl (C=O) groups excluding carboxylic acids is 1. The fourth-order valence-corrected chi connectivity index (χ4v) is 2.44. The largest absolute Gasteiger partial charge is 0.387 e. The Kier molecular flexibility index (Phi) is 3.90. The fourth-order valence-electron chi connectivity index (χ4n) is 2.44. The molecule has 1 aliphatic heterocycles. The van der Waals surface area contributed by atoms with Crippen molar-refractivity contribution < 1.29 is 4.79 Å². The second-order valence-corrected chi connectivity index (χ2v) is 5.27. The highest BCUT2D eigenvalue weighted by atomic mass is 16.2. The molecule has 1 amide bonds. The first-order chi connectivity index (χ1) is 8.61. The van der Waals surface area contributed by atoms with Gasteiger partial charge in [0.1, 0.15) is 0 Å². The van der Waals surface area contributed by atoms with Crippen LogP contribution in [0.2, 0.25) is 0 Å². The lowest BCUT2D eigenvalue weighted by atomic mass is 9.98. The molecular weight excluding hydrogens is 224 g/mol. The molecule has 1 aromatic rings. The van der Waals surface area contributed by atoms with Gasteiger partial charge in [0.05, 0.1) is 5.56 Å². The number of amides is 1. The number of aryl methyl sites for hydroxylation is 1. The lowest BCUT2D eigenvalue weighted by molar-refractivity contribution is 0.0698. The summed E-state index contributed by atoms with van der Waals surface area (Å²) < 4.78 is 0. The predicted molar refractivity (Wildman–Crippen MR) is 75.0 cm³/mol. The molecule has 0 radical (unpaired) electrons. The summed E-state index contributed by atoms with van der Waals surface area (Å²) in [5, 5.41) is 3.10. The summed E-state index contributed by atoms with van der Waals surface area (Å²) in [6.07, 6.45) is 2.24. The van der Waals surface area contributed by atoms with Crippen molar-refractivity contribution in [1.29, 1.82) is 0 Å². The van der Waals surface area contributed by atoms with Crippen LogP contribution in [0, 0.1) is 12.8 Å². The maximum atomic E-state index is 12.5. The maximum absolute atomic E-state index is 12.5. The van der Waals surface area contributed by atoms with Gasteiger partial charge in [-0.15, -0.1) is 0 Å². The third kappa shape index (κ3) is 2.66. The van der Waals surface area contributed by atoms with Gasteiger partial charge in [0.25, 0.3) is 5.91 Å². The molecule has 0 bridgehead atoms. The van der Waals surface area contributed by atoms with Crippen molar-refractivity contribution in [3.05, 3.63) is 29.3 Å². The summed E-state index contributed by atoms with van der Waals surface area (Å²) in [4.78, 5) is 14.5. The van der Waals surface area contributed by atoms with E-state index in [1.807, 2.05) is 37.1 Å². The molecule has 1 N–H and O–H groups in total. The SMILES string of the molecule is CNc1ccc(C)cc1C(=O)N1CCC(C)CC1. The van der Waals surface area contributed by atoms with Gasteiger partial charge in [0.15, 0.2) is 0 Å². The minimum absolute atomic E-state index is 0.162. The average molecular weight is 246 g/mol. The number of anilines is 1. The van der Waals surface area contributed by atoms with Crippen molar-refractivity contribution in [2.45, 2.75) is 26.7 Å². The van der Waals surface area contributed by atoms with E-state index < -0.39 is 0 Å². The molecule has 1 aromatic carbocycles. The Hall–Kier alpha value is -1.51. The Labute approximate surface area is 109 Å². The molecule has 3 nitrogen and oxygen atoms in total. The Morgan fingerprint density at radius 1 is 1.33 bits per heavy atom. The van der Waals surface area contributed by atoms with E-state index in [0.29, 0.717) is 0 Å². The van der Waals surface area contributed by atoms with Crippen LogP contribution in [0.4, 0.5) is 5.69 Å². The number of nitrogens with one attached hydrogen (secondary N) is 1. The molecule has 0 aromatic heterocycles. The molecule has 3 heteroatoms. The lowest BCUT2D eigenvalue weighted by Gasteiger charge is -2.31. The Bertz CT molecular complexity index is 434. The number of rotatable bonds is 2. The minimum atomic E-state index is 0.162. The van der Waals surface area contributed by atoms with Gasteiger partial charge in [-0.25, -0.2) is 0 Å². The van der Waals surface area contributed by atoms with Gasteiger partial charge in [-0.3, -0.25) is 4.79 Å². The van der Waals surface area contributed by atoms with E-state index >= 15 is 0 Å². The summed E-state index contributed by atoms with van der Waals surface area (Å²) in [6, 6.07) is 5.99. The molecule has 0 aliphatic carbocycles. The van der Waals surface area contributed by atoms with E-state index in [2.05, 4.69) is 12.2 Å². The van der Waals surface area contributed by atoms with Crippen LogP contribution in [0.25, 0.3) is 0 Å². The number of nitrogens with zero attached hydrogens (tertiary/aromatic N) is 1. The zero-order valence-corrected chi connectivity index (χ0v) is 11.5. The molecule has 0 unspecified atom stereocenters. The summed E-state index contributed by atoms with van der Waals surface area (Å²) in [5.74, 6) is 0.908. The molecule has 1 aliphatic rings. The number of hydrogen-bond donors (Lipinski definition) is 1. The van der Waals surface area contributed by atoms with Crippen molar-refractivity contribution in [2.24, 2.45) is 5.92 Å². The van der Waals surface area contributed by atoms with Gasteiger partial charge in [-0.05, 0) is 37.8 Å². The fraction of sp³-hybridized carbons (Fsp3) is 0.533. The molecule has 1 saturated heterocycles. The first-order valence-corrected chi connectivity index (χ1v) is 6.69. The summed E-state index contributed by atoms with van der Waals surface area (Å²) in [5.41, 5.74) is 2.85. The van der Waals surface area contributed by atoms with Gasteiger partial charge in [-0.1, -0.05) is 18.6 Å². The summed E-state index contributed by atoms with van der Waals surface area (Å²) in [6.45, 7) is 6.05. The van der Waals surface area contributed by atoms with E-state index in [-0.39, 0.29) is 5.91 Å². The smallest absolute Gasteiger partial charge is 0.255 e. The van der Waals surface area contributed by atoms with Crippen LogP contribution in [0.15, 0.2) is 18.2 Å².